The predicted molar refractivity (Wildman–Crippen MR) is 78.5 cm³/mol. The van der Waals surface area contributed by atoms with Crippen LogP contribution in [0.15, 0.2) is 12.1 Å². The first kappa shape index (κ1) is 15.5. The van der Waals surface area contributed by atoms with E-state index in [4.69, 9.17) is 21.1 Å². The van der Waals surface area contributed by atoms with Gasteiger partial charge < -0.3 is 19.4 Å². The topological polar surface area (TPSA) is 78.3 Å². The Bertz CT molecular complexity index is 629. The van der Waals surface area contributed by atoms with Crippen molar-refractivity contribution in [1.29, 1.82) is 0 Å². The molecular weight excluding hydrogens is 296 g/mol. The van der Waals surface area contributed by atoms with E-state index in [1.807, 2.05) is 0 Å². The Morgan fingerprint density at radius 1 is 1.38 bits per heavy atom. The largest absolute Gasteiger partial charge is 0.481 e. The van der Waals surface area contributed by atoms with Gasteiger partial charge in [0.05, 0.1) is 19.6 Å². The van der Waals surface area contributed by atoms with E-state index in [2.05, 4.69) is 15.3 Å². The van der Waals surface area contributed by atoms with Crippen LogP contribution in [0.1, 0.15) is 5.82 Å². The maximum atomic E-state index is 11.9. The first-order chi connectivity index (χ1) is 10.2. The highest BCUT2D eigenvalue weighted by molar-refractivity contribution is 6.16. The number of imidazole rings is 1. The fourth-order valence-electron chi connectivity index (χ4n) is 1.91. The van der Waals surface area contributed by atoms with E-state index in [0.29, 0.717) is 36.0 Å². The van der Waals surface area contributed by atoms with Gasteiger partial charge in [-0.05, 0) is 6.07 Å². The lowest BCUT2D eigenvalue weighted by atomic mass is 10.4. The van der Waals surface area contributed by atoms with Gasteiger partial charge in [0.1, 0.15) is 17.9 Å². The number of carbonyl (C=O) groups excluding carboxylic acids is 1. The molecule has 1 amide bonds. The monoisotopic (exact) mass is 312 g/mol. The van der Waals surface area contributed by atoms with Crippen LogP contribution < -0.4 is 10.1 Å². The molecule has 0 saturated carbocycles. The van der Waals surface area contributed by atoms with Gasteiger partial charge in [-0.3, -0.25) is 4.79 Å². The molecule has 1 N–H and O–H groups in total. The molecule has 0 aromatic carbocycles. The van der Waals surface area contributed by atoms with Crippen LogP contribution in [0.5, 0.6) is 5.88 Å². The lowest BCUT2D eigenvalue weighted by Crippen LogP contribution is -2.30. The first-order valence-electron chi connectivity index (χ1n) is 6.41. The molecule has 0 aliphatic heterocycles. The zero-order valence-electron chi connectivity index (χ0n) is 11.9. The second-order valence-electron chi connectivity index (χ2n) is 4.29. The van der Waals surface area contributed by atoms with Crippen molar-refractivity contribution in [2.45, 2.75) is 12.4 Å². The van der Waals surface area contributed by atoms with E-state index in [0.717, 1.165) is 0 Å². The van der Waals surface area contributed by atoms with Crippen LogP contribution in [-0.4, -0.2) is 47.8 Å². The van der Waals surface area contributed by atoms with Gasteiger partial charge in [-0.15, -0.1) is 11.6 Å². The number of aromatic nitrogens is 3. The summed E-state index contributed by atoms with van der Waals surface area (Å²) in [6.07, 6.45) is 0. The highest BCUT2D eigenvalue weighted by Gasteiger charge is 2.14. The SMILES string of the molecule is COCCNC(=O)Cn1c(CCl)nc2ccc(OC)nc21. The molecule has 0 bridgehead atoms. The van der Waals surface area contributed by atoms with Crippen LogP contribution >= 0.6 is 11.6 Å². The van der Waals surface area contributed by atoms with E-state index >= 15 is 0 Å². The van der Waals surface area contributed by atoms with Crippen molar-refractivity contribution in [3.8, 4) is 5.88 Å². The maximum Gasteiger partial charge on any atom is 0.240 e. The summed E-state index contributed by atoms with van der Waals surface area (Å²) in [5.74, 6) is 1.10. The molecule has 21 heavy (non-hydrogen) atoms. The Hall–Kier alpha value is -1.86. The average Bonchev–Trinajstić information content (AvgIpc) is 2.84. The zero-order valence-corrected chi connectivity index (χ0v) is 12.7. The fourth-order valence-corrected chi connectivity index (χ4v) is 2.11. The standard InChI is InChI=1S/C13H17ClN4O3/c1-20-6-5-15-11(19)8-18-10(7-14)16-9-3-4-12(21-2)17-13(9)18/h3-4H,5-8H2,1-2H3,(H,15,19). The summed E-state index contributed by atoms with van der Waals surface area (Å²) in [4.78, 5) is 20.6. The van der Waals surface area contributed by atoms with Crippen LogP contribution in [0, 0.1) is 0 Å². The number of nitrogens with zero attached hydrogens (tertiary/aromatic N) is 3. The highest BCUT2D eigenvalue weighted by Crippen LogP contribution is 2.19. The van der Waals surface area contributed by atoms with E-state index < -0.39 is 0 Å². The third kappa shape index (κ3) is 3.62. The Labute approximate surface area is 127 Å². The van der Waals surface area contributed by atoms with Gasteiger partial charge in [-0.2, -0.15) is 4.98 Å². The van der Waals surface area contributed by atoms with Crippen molar-refractivity contribution < 1.29 is 14.3 Å². The molecule has 2 aromatic heterocycles. The number of halogens is 1. The summed E-state index contributed by atoms with van der Waals surface area (Å²) in [5, 5.41) is 2.75. The molecule has 0 unspecified atom stereocenters. The van der Waals surface area contributed by atoms with Crippen molar-refractivity contribution >= 4 is 28.7 Å². The van der Waals surface area contributed by atoms with Gasteiger partial charge in [0.25, 0.3) is 0 Å². The van der Waals surface area contributed by atoms with E-state index in [1.165, 1.54) is 7.11 Å². The molecule has 2 rings (SSSR count). The number of methoxy groups -OCH3 is 2. The molecule has 7 nitrogen and oxygen atoms in total. The molecule has 8 heteroatoms. The van der Waals surface area contributed by atoms with Crippen LogP contribution in [0.3, 0.4) is 0 Å². The molecule has 2 aromatic rings. The quantitative estimate of drug-likeness (QED) is 0.608. The molecule has 0 aliphatic carbocycles. The van der Waals surface area contributed by atoms with Crippen LogP contribution in [-0.2, 0) is 22.0 Å². The van der Waals surface area contributed by atoms with Gasteiger partial charge in [-0.1, -0.05) is 0 Å². The summed E-state index contributed by atoms with van der Waals surface area (Å²) in [5.41, 5.74) is 1.25. The number of amides is 1. The molecular formula is C13H17ClN4O3. The number of hydrogen-bond acceptors (Lipinski definition) is 5. The van der Waals surface area contributed by atoms with Gasteiger partial charge in [0, 0.05) is 19.7 Å². The van der Waals surface area contributed by atoms with E-state index in [1.54, 1.807) is 23.8 Å². The number of alkyl halides is 1. The Kier molecular flexibility index (Phi) is 5.35. The minimum absolute atomic E-state index is 0.0996. The molecule has 114 valence electrons. The molecule has 0 spiro atoms. The highest BCUT2D eigenvalue weighted by atomic mass is 35.5. The minimum atomic E-state index is -0.151. The van der Waals surface area contributed by atoms with Crippen LogP contribution in [0.25, 0.3) is 11.2 Å². The summed E-state index contributed by atoms with van der Waals surface area (Å²) in [6.45, 7) is 1.02. The number of hydrogen-bond donors (Lipinski definition) is 1. The minimum Gasteiger partial charge on any atom is -0.481 e. The predicted octanol–water partition coefficient (Wildman–Crippen LogP) is 0.941. The fraction of sp³-hybridized carbons (Fsp3) is 0.462. The summed E-state index contributed by atoms with van der Waals surface area (Å²) in [6, 6.07) is 3.51. The van der Waals surface area contributed by atoms with Crippen molar-refractivity contribution in [1.82, 2.24) is 19.9 Å². The van der Waals surface area contributed by atoms with Crippen LogP contribution in [0.2, 0.25) is 0 Å². The number of rotatable bonds is 7. The summed E-state index contributed by atoms with van der Waals surface area (Å²) >= 11 is 5.89. The molecule has 0 radical (unpaired) electrons. The summed E-state index contributed by atoms with van der Waals surface area (Å²) in [7, 11) is 3.12. The Morgan fingerprint density at radius 3 is 2.86 bits per heavy atom. The van der Waals surface area contributed by atoms with Gasteiger partial charge in [0.15, 0.2) is 5.65 Å². The summed E-state index contributed by atoms with van der Waals surface area (Å²) < 4.78 is 11.7. The molecule has 0 aliphatic rings. The number of nitrogens with one attached hydrogen (secondary N) is 1. The van der Waals surface area contributed by atoms with E-state index in [9.17, 15) is 4.79 Å². The number of carbonyl (C=O) groups is 1. The Morgan fingerprint density at radius 2 is 2.19 bits per heavy atom. The Balaban J connectivity index is 2.25. The lowest BCUT2D eigenvalue weighted by molar-refractivity contribution is -0.121. The second kappa shape index (κ2) is 7.24. The number of ether oxygens (including phenoxy) is 2. The third-order valence-electron chi connectivity index (χ3n) is 2.90. The first-order valence-corrected chi connectivity index (χ1v) is 6.94. The van der Waals surface area contributed by atoms with Crippen molar-refractivity contribution in [2.24, 2.45) is 0 Å². The number of pyridine rings is 1. The van der Waals surface area contributed by atoms with Crippen molar-refractivity contribution in [3.05, 3.63) is 18.0 Å². The second-order valence-corrected chi connectivity index (χ2v) is 4.55. The van der Waals surface area contributed by atoms with Crippen molar-refractivity contribution in [2.75, 3.05) is 27.4 Å². The van der Waals surface area contributed by atoms with Crippen molar-refractivity contribution in [3.63, 3.8) is 0 Å². The van der Waals surface area contributed by atoms with Gasteiger partial charge in [0.2, 0.25) is 11.8 Å². The molecule has 0 atom stereocenters. The van der Waals surface area contributed by atoms with E-state index in [-0.39, 0.29) is 18.3 Å². The molecule has 0 saturated heterocycles. The molecule has 2 heterocycles. The van der Waals surface area contributed by atoms with Gasteiger partial charge in [-0.25, -0.2) is 4.98 Å². The van der Waals surface area contributed by atoms with Crippen LogP contribution in [0.4, 0.5) is 0 Å². The lowest BCUT2D eigenvalue weighted by Gasteiger charge is -2.08. The smallest absolute Gasteiger partial charge is 0.240 e. The third-order valence-corrected chi connectivity index (χ3v) is 3.14. The normalized spacial score (nSPS) is 10.8. The average molecular weight is 313 g/mol. The zero-order chi connectivity index (χ0) is 15.2. The van der Waals surface area contributed by atoms with Gasteiger partial charge >= 0.3 is 0 Å². The maximum absolute atomic E-state index is 11.9. The number of fused-ring (bicyclic) bond motifs is 1. The molecule has 0 fully saturated rings.